The summed E-state index contributed by atoms with van der Waals surface area (Å²) in [4.78, 5) is 38.9. The first-order valence-corrected chi connectivity index (χ1v) is 6.32. The summed E-state index contributed by atoms with van der Waals surface area (Å²) in [5, 5.41) is 9.10. The number of aliphatic hydroxyl groups excluding tert-OH is 1. The molecular weight excluding hydrogens is 278 g/mol. The Balaban J connectivity index is 0. The lowest BCUT2D eigenvalue weighted by molar-refractivity contribution is -0.200. The van der Waals surface area contributed by atoms with E-state index in [1.807, 2.05) is 0 Å². The van der Waals surface area contributed by atoms with Crippen molar-refractivity contribution in [3.8, 4) is 0 Å². The van der Waals surface area contributed by atoms with Gasteiger partial charge in [-0.1, -0.05) is 21.8 Å². The summed E-state index contributed by atoms with van der Waals surface area (Å²) in [6.07, 6.45) is 1.16. The molecule has 21 heavy (non-hydrogen) atoms. The van der Waals surface area contributed by atoms with Gasteiger partial charge in [-0.15, -0.1) is 5.06 Å². The molecule has 0 saturated carbocycles. The topological polar surface area (TPSA) is 93.1 Å². The molecule has 2 amide bonds. The van der Waals surface area contributed by atoms with Crippen LogP contribution in [0.15, 0.2) is 0 Å². The molecule has 0 aromatic rings. The number of rotatable bonds is 8. The van der Waals surface area contributed by atoms with Gasteiger partial charge >= 0.3 is 5.97 Å². The van der Waals surface area contributed by atoms with Crippen molar-refractivity contribution < 1.29 is 29.1 Å². The van der Waals surface area contributed by atoms with Gasteiger partial charge in [-0.2, -0.15) is 0 Å². The molecule has 1 rings (SSSR count). The van der Waals surface area contributed by atoms with Gasteiger partial charge < -0.3 is 14.7 Å². The summed E-state index contributed by atoms with van der Waals surface area (Å²) in [5.74, 6) is -2.04. The smallest absolute Gasteiger partial charge is 0.336 e. The second-order valence-electron chi connectivity index (χ2n) is 4.37. The molecule has 124 valence electrons. The average molecular weight is 305 g/mol. The number of carbonyl (C=O) groups is 3. The first-order chi connectivity index (χ1) is 9.06. The zero-order valence-electron chi connectivity index (χ0n) is 11.0. The van der Waals surface area contributed by atoms with Gasteiger partial charge in [0.25, 0.3) is 11.8 Å². The van der Waals surface area contributed by atoms with Gasteiger partial charge in [0.15, 0.2) is 0 Å². The summed E-state index contributed by atoms with van der Waals surface area (Å²) in [6.45, 7) is 2.50. The maximum Gasteiger partial charge on any atom is 0.336 e. The van der Waals surface area contributed by atoms with Crippen molar-refractivity contribution in [2.45, 2.75) is 47.5 Å². The number of amides is 2. The maximum absolute atomic E-state index is 11.6. The largest absolute Gasteiger partial charge is 0.396 e. The first kappa shape index (κ1) is 21.8. The molecule has 0 aliphatic carbocycles. The van der Waals surface area contributed by atoms with E-state index in [9.17, 15) is 14.4 Å². The van der Waals surface area contributed by atoms with E-state index in [1.165, 1.54) is 0 Å². The van der Waals surface area contributed by atoms with Crippen LogP contribution in [-0.2, 0) is 24.0 Å². The number of hydroxylamine groups is 2. The molecule has 0 aromatic heterocycles. The van der Waals surface area contributed by atoms with Crippen LogP contribution in [0.5, 0.6) is 0 Å². The third kappa shape index (κ3) is 7.19. The molecule has 7 heteroatoms. The fourth-order valence-corrected chi connectivity index (χ4v) is 1.48. The number of hydrogen-bond donors (Lipinski definition) is 1. The molecule has 7 nitrogen and oxygen atoms in total. The summed E-state index contributed by atoms with van der Waals surface area (Å²) in [7, 11) is 0. The van der Waals surface area contributed by atoms with Gasteiger partial charge in [0.2, 0.25) is 0 Å². The van der Waals surface area contributed by atoms with Crippen LogP contribution in [0.25, 0.3) is 0 Å². The summed E-state index contributed by atoms with van der Waals surface area (Å²) < 4.78 is 5.19. The summed E-state index contributed by atoms with van der Waals surface area (Å²) >= 11 is 0. The third-order valence-electron chi connectivity index (χ3n) is 2.73. The summed E-state index contributed by atoms with van der Waals surface area (Å²) in [5.41, 5.74) is 0. The molecule has 1 heterocycles. The van der Waals surface area contributed by atoms with Crippen LogP contribution >= 0.6 is 0 Å². The average Bonchev–Trinajstić information content (AvgIpc) is 2.70. The van der Waals surface area contributed by atoms with E-state index in [2.05, 4.69) is 0 Å². The SMILES string of the molecule is C.C.CC(CCOCCCO)C(=O)ON1C(=O)CCC1=O. The van der Waals surface area contributed by atoms with Crippen molar-refractivity contribution in [3.63, 3.8) is 0 Å². The Morgan fingerprint density at radius 3 is 2.33 bits per heavy atom. The molecule has 0 aromatic carbocycles. The van der Waals surface area contributed by atoms with E-state index in [0.29, 0.717) is 31.1 Å². The van der Waals surface area contributed by atoms with E-state index in [4.69, 9.17) is 14.7 Å². The van der Waals surface area contributed by atoms with Gasteiger partial charge in [-0.3, -0.25) is 9.59 Å². The van der Waals surface area contributed by atoms with Crippen molar-refractivity contribution in [2.75, 3.05) is 19.8 Å². The van der Waals surface area contributed by atoms with Crippen molar-refractivity contribution in [1.29, 1.82) is 0 Å². The third-order valence-corrected chi connectivity index (χ3v) is 2.73. The number of imide groups is 1. The Hall–Kier alpha value is -1.47. The van der Waals surface area contributed by atoms with E-state index in [1.54, 1.807) is 6.92 Å². The number of hydrogen-bond acceptors (Lipinski definition) is 6. The number of ether oxygens (including phenoxy) is 1. The van der Waals surface area contributed by atoms with Gasteiger partial charge in [0.1, 0.15) is 0 Å². The Bertz CT molecular complexity index is 328. The molecule has 1 fully saturated rings. The van der Waals surface area contributed by atoms with E-state index >= 15 is 0 Å². The minimum Gasteiger partial charge on any atom is -0.396 e. The fourth-order valence-electron chi connectivity index (χ4n) is 1.48. The lowest BCUT2D eigenvalue weighted by Crippen LogP contribution is -2.34. The molecule has 1 atom stereocenters. The molecule has 0 bridgehead atoms. The molecular formula is C14H27NO6. The second kappa shape index (κ2) is 11.2. The molecule has 1 aliphatic rings. The summed E-state index contributed by atoms with van der Waals surface area (Å²) in [6, 6.07) is 0. The van der Waals surface area contributed by atoms with Gasteiger partial charge in [0, 0.05) is 32.7 Å². The standard InChI is InChI=1S/C12H19NO6.2CH4/c1-9(5-8-18-7-2-6-14)12(17)19-13-10(15)3-4-11(13)16;;/h9,14H,2-8H2,1H3;2*1H4. The highest BCUT2D eigenvalue weighted by Gasteiger charge is 2.33. The normalized spacial score (nSPS) is 15.2. The highest BCUT2D eigenvalue weighted by atomic mass is 16.7. The van der Waals surface area contributed by atoms with Gasteiger partial charge in [-0.25, -0.2) is 4.79 Å². The van der Waals surface area contributed by atoms with Crippen LogP contribution in [-0.4, -0.2) is 47.8 Å². The second-order valence-corrected chi connectivity index (χ2v) is 4.37. The van der Waals surface area contributed by atoms with Crippen LogP contribution in [0.1, 0.15) is 47.5 Å². The quantitative estimate of drug-likeness (QED) is 0.536. The van der Waals surface area contributed by atoms with Crippen molar-refractivity contribution in [3.05, 3.63) is 0 Å². The molecule has 1 aliphatic heterocycles. The molecule has 1 unspecified atom stereocenters. The van der Waals surface area contributed by atoms with E-state index in [0.717, 1.165) is 0 Å². The fraction of sp³-hybridized carbons (Fsp3) is 0.786. The molecule has 0 radical (unpaired) electrons. The van der Waals surface area contributed by atoms with Crippen LogP contribution < -0.4 is 0 Å². The maximum atomic E-state index is 11.6. The van der Waals surface area contributed by atoms with Gasteiger partial charge in [0.05, 0.1) is 5.92 Å². The predicted octanol–water partition coefficient (Wildman–Crippen LogP) is 1.29. The van der Waals surface area contributed by atoms with Gasteiger partial charge in [-0.05, 0) is 12.8 Å². The predicted molar refractivity (Wildman–Crippen MR) is 76.9 cm³/mol. The Morgan fingerprint density at radius 1 is 1.24 bits per heavy atom. The highest BCUT2D eigenvalue weighted by molar-refractivity contribution is 6.01. The molecule has 1 saturated heterocycles. The Labute approximate surface area is 126 Å². The lowest BCUT2D eigenvalue weighted by Gasteiger charge is -2.16. The number of carbonyl (C=O) groups excluding carboxylic acids is 3. The zero-order chi connectivity index (χ0) is 14.3. The minimum atomic E-state index is -0.616. The van der Waals surface area contributed by atoms with Crippen molar-refractivity contribution >= 4 is 17.8 Å². The highest BCUT2D eigenvalue weighted by Crippen LogP contribution is 2.14. The Kier molecular flexibility index (Phi) is 11.7. The van der Waals surface area contributed by atoms with Crippen molar-refractivity contribution in [1.82, 2.24) is 5.06 Å². The number of aliphatic hydroxyl groups is 1. The van der Waals surface area contributed by atoms with E-state index in [-0.39, 0.29) is 34.3 Å². The minimum absolute atomic E-state index is 0. The van der Waals surface area contributed by atoms with Crippen LogP contribution in [0.4, 0.5) is 0 Å². The number of nitrogens with zero attached hydrogens (tertiary/aromatic N) is 1. The monoisotopic (exact) mass is 305 g/mol. The van der Waals surface area contributed by atoms with Crippen LogP contribution in [0.3, 0.4) is 0 Å². The van der Waals surface area contributed by atoms with Crippen LogP contribution in [0.2, 0.25) is 0 Å². The zero-order valence-corrected chi connectivity index (χ0v) is 11.0. The first-order valence-electron chi connectivity index (χ1n) is 6.32. The van der Waals surface area contributed by atoms with E-state index < -0.39 is 23.7 Å². The molecule has 1 N–H and O–H groups in total. The van der Waals surface area contributed by atoms with Crippen molar-refractivity contribution in [2.24, 2.45) is 5.92 Å². The Morgan fingerprint density at radius 2 is 1.81 bits per heavy atom. The molecule has 0 spiro atoms. The van der Waals surface area contributed by atoms with Crippen LogP contribution in [0, 0.1) is 5.92 Å². The lowest BCUT2D eigenvalue weighted by atomic mass is 10.1.